The lowest BCUT2D eigenvalue weighted by Gasteiger charge is -2.14. The van der Waals surface area contributed by atoms with Gasteiger partial charge in [-0.05, 0) is 24.1 Å². The molecule has 0 fully saturated rings. The van der Waals surface area contributed by atoms with Gasteiger partial charge in [-0.2, -0.15) is 0 Å². The lowest BCUT2D eigenvalue weighted by Crippen LogP contribution is -2.34. The van der Waals surface area contributed by atoms with Crippen molar-refractivity contribution in [3.63, 3.8) is 0 Å². The highest BCUT2D eigenvalue weighted by Crippen LogP contribution is 2.26. The smallest absolute Gasteiger partial charge is 0.353 e. The van der Waals surface area contributed by atoms with E-state index in [2.05, 4.69) is 10.3 Å². The van der Waals surface area contributed by atoms with Crippen molar-refractivity contribution in [2.75, 3.05) is 11.1 Å². The summed E-state index contributed by atoms with van der Waals surface area (Å²) in [6.07, 6.45) is 0.293. The van der Waals surface area contributed by atoms with Crippen molar-refractivity contribution < 1.29 is 14.3 Å². The molecule has 0 aliphatic rings. The average molecular weight is 423 g/mol. The fourth-order valence-corrected chi connectivity index (χ4v) is 3.50. The molecule has 0 saturated heterocycles. The van der Waals surface area contributed by atoms with Crippen LogP contribution in [-0.2, 0) is 20.9 Å². The number of thiazole rings is 1. The number of amides is 1. The van der Waals surface area contributed by atoms with Crippen molar-refractivity contribution in [3.8, 4) is 11.3 Å². The third-order valence-electron chi connectivity index (χ3n) is 4.45. The maximum Gasteiger partial charge on any atom is 0.353 e. The monoisotopic (exact) mass is 422 g/mol. The van der Waals surface area contributed by atoms with Gasteiger partial charge in [0.1, 0.15) is 12.3 Å². The van der Waals surface area contributed by atoms with Gasteiger partial charge in [0.05, 0.1) is 11.6 Å². The van der Waals surface area contributed by atoms with E-state index < -0.39 is 17.8 Å². The molecule has 1 aromatic heterocycles. The first-order chi connectivity index (χ1) is 14.5. The van der Waals surface area contributed by atoms with Gasteiger partial charge in [0.15, 0.2) is 5.13 Å². The summed E-state index contributed by atoms with van der Waals surface area (Å²) in [6, 6.07) is 16.4. The molecular weight excluding hydrogens is 400 g/mol. The molecule has 0 spiro atoms. The Hall–Kier alpha value is -3.52. The quantitative estimate of drug-likeness (QED) is 0.287. The SMILES string of the molecule is CC[C@@H](C(=N)C(=O)OCc1ccccc1)C(=O)Nc1nc(-c2ccc(N)cc2)cs1. The molecule has 0 aliphatic carbocycles. The van der Waals surface area contributed by atoms with Crippen LogP contribution in [0.4, 0.5) is 10.8 Å². The number of nitrogen functional groups attached to an aromatic ring is 1. The number of hydrogen-bond acceptors (Lipinski definition) is 7. The van der Waals surface area contributed by atoms with Crippen LogP contribution in [-0.4, -0.2) is 22.6 Å². The van der Waals surface area contributed by atoms with Crippen LogP contribution in [0.5, 0.6) is 0 Å². The number of nitrogens with one attached hydrogen (secondary N) is 2. The van der Waals surface area contributed by atoms with Crippen LogP contribution in [0.3, 0.4) is 0 Å². The zero-order chi connectivity index (χ0) is 21.5. The van der Waals surface area contributed by atoms with Gasteiger partial charge in [0.2, 0.25) is 5.91 Å². The summed E-state index contributed by atoms with van der Waals surface area (Å²) in [5, 5.41) is 13.0. The molecule has 1 amide bonds. The number of nitrogens with two attached hydrogens (primary N) is 1. The van der Waals surface area contributed by atoms with E-state index in [1.165, 1.54) is 11.3 Å². The summed E-state index contributed by atoms with van der Waals surface area (Å²) in [7, 11) is 0. The first kappa shape index (κ1) is 21.2. The molecule has 0 unspecified atom stereocenters. The molecule has 154 valence electrons. The van der Waals surface area contributed by atoms with Gasteiger partial charge in [-0.1, -0.05) is 49.4 Å². The summed E-state index contributed by atoms with van der Waals surface area (Å²) in [6.45, 7) is 1.79. The summed E-state index contributed by atoms with van der Waals surface area (Å²) in [4.78, 5) is 29.3. The number of aromatic nitrogens is 1. The van der Waals surface area contributed by atoms with Gasteiger partial charge in [0.25, 0.3) is 0 Å². The Bertz CT molecular complexity index is 1030. The maximum atomic E-state index is 12.6. The van der Waals surface area contributed by atoms with Gasteiger partial charge in [-0.15, -0.1) is 11.3 Å². The average Bonchev–Trinajstić information content (AvgIpc) is 3.22. The number of rotatable bonds is 8. The Balaban J connectivity index is 1.60. The van der Waals surface area contributed by atoms with Crippen LogP contribution in [0.25, 0.3) is 11.3 Å². The molecule has 1 atom stereocenters. The van der Waals surface area contributed by atoms with Crippen LogP contribution in [0.15, 0.2) is 60.0 Å². The van der Waals surface area contributed by atoms with E-state index in [4.69, 9.17) is 15.9 Å². The Morgan fingerprint density at radius 2 is 1.87 bits per heavy atom. The number of carbonyl (C=O) groups is 2. The molecule has 3 aromatic rings. The highest BCUT2D eigenvalue weighted by molar-refractivity contribution is 7.14. The van der Waals surface area contributed by atoms with Crippen LogP contribution < -0.4 is 11.1 Å². The van der Waals surface area contributed by atoms with Crippen molar-refractivity contribution in [2.45, 2.75) is 20.0 Å². The van der Waals surface area contributed by atoms with Gasteiger partial charge >= 0.3 is 5.97 Å². The summed E-state index contributed by atoms with van der Waals surface area (Å²) in [5.41, 5.74) is 8.39. The van der Waals surface area contributed by atoms with Crippen LogP contribution >= 0.6 is 11.3 Å². The fourth-order valence-electron chi connectivity index (χ4n) is 2.77. The third kappa shape index (κ3) is 5.30. The van der Waals surface area contributed by atoms with E-state index in [9.17, 15) is 9.59 Å². The number of anilines is 2. The molecule has 8 heteroatoms. The van der Waals surface area contributed by atoms with Gasteiger partial charge < -0.3 is 15.8 Å². The van der Waals surface area contributed by atoms with Gasteiger partial charge in [-0.25, -0.2) is 9.78 Å². The largest absolute Gasteiger partial charge is 0.456 e. The molecule has 7 nitrogen and oxygen atoms in total. The van der Waals surface area contributed by atoms with E-state index in [1.54, 1.807) is 19.1 Å². The molecule has 3 rings (SSSR count). The lowest BCUT2D eigenvalue weighted by atomic mass is 9.99. The molecule has 0 saturated carbocycles. The van der Waals surface area contributed by atoms with Crippen molar-refractivity contribution in [3.05, 3.63) is 65.5 Å². The lowest BCUT2D eigenvalue weighted by molar-refractivity contribution is -0.137. The highest BCUT2D eigenvalue weighted by Gasteiger charge is 2.28. The molecule has 0 bridgehead atoms. The normalized spacial score (nSPS) is 11.5. The van der Waals surface area contributed by atoms with E-state index in [0.717, 1.165) is 11.1 Å². The fraction of sp³-hybridized carbons (Fsp3) is 0.182. The number of ether oxygens (including phenoxy) is 1. The first-order valence-corrected chi connectivity index (χ1v) is 10.3. The minimum Gasteiger partial charge on any atom is -0.456 e. The zero-order valence-electron chi connectivity index (χ0n) is 16.4. The standard InChI is InChI=1S/C22H22N4O3S/c1-2-17(19(24)21(28)29-12-14-6-4-3-5-7-14)20(27)26-22-25-18(13-30-22)15-8-10-16(23)11-9-15/h3-11,13,17,24H,2,12,23H2,1H3,(H,25,26,27)/t17-/m0/s1. The van der Waals surface area contributed by atoms with E-state index in [0.29, 0.717) is 22.9 Å². The van der Waals surface area contributed by atoms with Crippen LogP contribution in [0.1, 0.15) is 18.9 Å². The second-order valence-corrected chi connectivity index (χ2v) is 7.44. The summed E-state index contributed by atoms with van der Waals surface area (Å²) < 4.78 is 5.18. The van der Waals surface area contributed by atoms with Crippen molar-refractivity contribution in [1.82, 2.24) is 4.98 Å². The zero-order valence-corrected chi connectivity index (χ0v) is 17.2. The predicted molar refractivity (Wildman–Crippen MR) is 118 cm³/mol. The predicted octanol–water partition coefficient (Wildman–Crippen LogP) is 4.12. The highest BCUT2D eigenvalue weighted by atomic mass is 32.1. The Kier molecular flexibility index (Phi) is 6.92. The number of benzene rings is 2. The molecule has 0 aliphatic heterocycles. The van der Waals surface area contributed by atoms with Gasteiger partial charge in [0, 0.05) is 16.6 Å². The molecular formula is C22H22N4O3S. The Morgan fingerprint density at radius 3 is 2.53 bits per heavy atom. The van der Waals surface area contributed by atoms with Crippen molar-refractivity contribution in [1.29, 1.82) is 5.41 Å². The summed E-state index contributed by atoms with van der Waals surface area (Å²) in [5.74, 6) is -2.18. The molecule has 4 N–H and O–H groups in total. The molecule has 0 radical (unpaired) electrons. The Labute approximate surface area is 178 Å². The molecule has 2 aromatic carbocycles. The maximum absolute atomic E-state index is 12.6. The molecule has 30 heavy (non-hydrogen) atoms. The summed E-state index contributed by atoms with van der Waals surface area (Å²) >= 11 is 1.27. The second-order valence-electron chi connectivity index (χ2n) is 6.59. The topological polar surface area (TPSA) is 118 Å². The van der Waals surface area contributed by atoms with Crippen molar-refractivity contribution in [2.24, 2.45) is 5.92 Å². The third-order valence-corrected chi connectivity index (χ3v) is 5.20. The van der Waals surface area contributed by atoms with Crippen LogP contribution in [0, 0.1) is 11.3 Å². The Morgan fingerprint density at radius 1 is 1.17 bits per heavy atom. The number of nitrogens with zero attached hydrogens (tertiary/aromatic N) is 1. The first-order valence-electron chi connectivity index (χ1n) is 9.39. The van der Waals surface area contributed by atoms with Gasteiger partial charge in [-0.3, -0.25) is 10.2 Å². The van der Waals surface area contributed by atoms with E-state index >= 15 is 0 Å². The second kappa shape index (κ2) is 9.80. The minimum atomic E-state index is -0.919. The minimum absolute atomic E-state index is 0.0531. The number of carbonyl (C=O) groups excluding carboxylic acids is 2. The van der Waals surface area contributed by atoms with Crippen molar-refractivity contribution >= 4 is 39.7 Å². The van der Waals surface area contributed by atoms with E-state index in [-0.39, 0.29) is 12.3 Å². The molecule has 1 heterocycles. The number of hydrogen-bond donors (Lipinski definition) is 3. The van der Waals surface area contributed by atoms with Crippen LogP contribution in [0.2, 0.25) is 0 Å². The van der Waals surface area contributed by atoms with E-state index in [1.807, 2.05) is 47.8 Å². The number of esters is 1.